The van der Waals surface area contributed by atoms with Crippen LogP contribution < -0.4 is 0 Å². The normalized spacial score (nSPS) is 20.9. The van der Waals surface area contributed by atoms with E-state index in [0.717, 1.165) is 11.3 Å². The lowest BCUT2D eigenvalue weighted by Gasteiger charge is -2.01. The molecule has 74 valence electrons. The summed E-state index contributed by atoms with van der Waals surface area (Å²) < 4.78 is 20.2. The molecule has 2 heterocycles. The molecule has 0 amide bonds. The van der Waals surface area contributed by atoms with Crippen LogP contribution in [0.2, 0.25) is 0 Å². The van der Waals surface area contributed by atoms with E-state index < -0.39 is 11.8 Å². The van der Waals surface area contributed by atoms with Crippen molar-refractivity contribution in [1.82, 2.24) is 4.98 Å². The zero-order valence-corrected chi connectivity index (χ0v) is 8.74. The summed E-state index contributed by atoms with van der Waals surface area (Å²) in [5.74, 6) is 0. The Bertz CT molecular complexity index is 596. The maximum Gasteiger partial charge on any atom is 0.107 e. The number of fused-ring (bicyclic) bond motifs is 1. The molecule has 1 aliphatic heterocycles. The molecule has 0 fully saturated rings. The van der Waals surface area contributed by atoms with Gasteiger partial charge in [-0.05, 0) is 18.2 Å². The molecule has 0 N–H and O–H groups in total. The molecule has 0 atom stereocenters. The molecule has 0 aliphatic carbocycles. The van der Waals surface area contributed by atoms with Crippen molar-refractivity contribution >= 4 is 17.5 Å². The van der Waals surface area contributed by atoms with Crippen molar-refractivity contribution in [3.63, 3.8) is 0 Å². The molecule has 2 nitrogen and oxygen atoms in total. The van der Waals surface area contributed by atoms with Gasteiger partial charge in [0.15, 0.2) is 0 Å². The molecule has 0 bridgehead atoms. The number of pyridine rings is 1. The van der Waals surface area contributed by atoms with E-state index in [1.807, 2.05) is 42.5 Å². The number of benzene rings is 1. The highest BCUT2D eigenvalue weighted by atomic mass is 32.2. The first-order chi connectivity index (χ1) is 8.18. The van der Waals surface area contributed by atoms with Crippen LogP contribution in [0.1, 0.15) is 11.3 Å². The fourth-order valence-corrected chi connectivity index (χ4v) is 2.36. The topological polar surface area (TPSA) is 25.2 Å². The summed E-state index contributed by atoms with van der Waals surface area (Å²) in [6, 6.07) is 13.0. The van der Waals surface area contributed by atoms with Gasteiger partial charge >= 0.3 is 0 Å². The highest BCUT2D eigenvalue weighted by Gasteiger charge is 2.16. The van der Waals surface area contributed by atoms with Gasteiger partial charge in [-0.15, -0.1) is 11.8 Å². The number of hydrogen-bond acceptors (Lipinski definition) is 2. The summed E-state index contributed by atoms with van der Waals surface area (Å²) in [6.07, 6.45) is 1.70. The third-order valence-corrected chi connectivity index (χ3v) is 3.11. The van der Waals surface area contributed by atoms with Gasteiger partial charge in [-0.2, -0.15) is 0 Å². The van der Waals surface area contributed by atoms with Crippen molar-refractivity contribution in [2.75, 3.05) is 0 Å². The van der Waals surface area contributed by atoms with E-state index in [4.69, 9.17) is 2.25 Å². The Labute approximate surface area is 94.4 Å². The van der Waals surface area contributed by atoms with Gasteiger partial charge in [-0.1, -0.05) is 24.3 Å². The average Bonchev–Trinajstić information content (AvgIpc) is 2.64. The van der Waals surface area contributed by atoms with Crippen LogP contribution in [0.4, 0.5) is 0 Å². The predicted octanol–water partition coefficient (Wildman–Crippen LogP) is 2.40. The first-order valence-corrected chi connectivity index (χ1v) is 5.48. The van der Waals surface area contributed by atoms with Crippen LogP contribution in [0.3, 0.4) is 0 Å². The van der Waals surface area contributed by atoms with Gasteiger partial charge in [-0.25, -0.2) is 4.40 Å². The molecule has 0 spiro atoms. The Morgan fingerprint density at radius 1 is 1.07 bits per heavy atom. The number of nitrogens with zero attached hydrogens (tertiary/aromatic N) is 2. The Kier molecular flexibility index (Phi) is 1.59. The monoisotopic (exact) mass is 216 g/mol. The summed E-state index contributed by atoms with van der Waals surface area (Å²) in [4.78, 5) is 4.94. The lowest BCUT2D eigenvalue weighted by Crippen LogP contribution is -2.02. The van der Waals surface area contributed by atoms with E-state index in [1.165, 1.54) is 0 Å². The molecular formula is C12H10N2S. The fourth-order valence-electron chi connectivity index (χ4n) is 1.57. The zero-order chi connectivity index (χ0) is 11.9. The molecule has 0 unspecified atom stereocenters. The number of rotatable bonds is 1. The molecule has 3 heteroatoms. The van der Waals surface area contributed by atoms with Crippen molar-refractivity contribution < 1.29 is 0 Å². The molecule has 0 radical (unpaired) electrons. The minimum absolute atomic E-state index is 0.668. The average molecular weight is 216 g/mol. The van der Waals surface area contributed by atoms with Crippen LogP contribution in [0.5, 0.6) is 0 Å². The Morgan fingerprint density at radius 3 is 2.80 bits per heavy atom. The third kappa shape index (κ3) is 1.45. The van der Waals surface area contributed by atoms with Gasteiger partial charge in [0.2, 0.25) is 0 Å². The largest absolute Gasteiger partial charge is 0.255 e. The molecule has 0 saturated carbocycles. The van der Waals surface area contributed by atoms with Crippen molar-refractivity contribution in [3.8, 4) is 0 Å². The van der Waals surface area contributed by atoms with Crippen LogP contribution in [0, 0.1) is 0 Å². The van der Waals surface area contributed by atoms with Gasteiger partial charge in [0.25, 0.3) is 0 Å². The second-order valence-electron chi connectivity index (χ2n) is 3.24. The van der Waals surface area contributed by atoms with Crippen molar-refractivity contribution in [3.05, 3.63) is 59.9 Å². The van der Waals surface area contributed by atoms with E-state index in [0.29, 0.717) is 10.6 Å². The van der Waals surface area contributed by atoms with E-state index in [-0.39, 0.29) is 0 Å². The quantitative estimate of drug-likeness (QED) is 0.718. The second kappa shape index (κ2) is 3.51. The minimum Gasteiger partial charge on any atom is -0.255 e. The Morgan fingerprint density at radius 2 is 1.93 bits per heavy atom. The molecule has 1 aromatic carbocycles. The maximum absolute atomic E-state index is 7.98. The molecule has 0 saturated heterocycles. The number of hydrogen-bond donors (Lipinski definition) is 0. The van der Waals surface area contributed by atoms with Crippen LogP contribution in [0.15, 0.2) is 58.0 Å². The highest BCUT2D eigenvalue weighted by molar-refractivity contribution is 7.98. The minimum atomic E-state index is -2.55. The lowest BCUT2D eigenvalue weighted by molar-refractivity contribution is 1.29. The summed E-state index contributed by atoms with van der Waals surface area (Å²) in [5, 5.41) is 0. The molecule has 1 aromatic heterocycles. The fraction of sp³-hybridized carbons (Fsp3) is 0. The smallest absolute Gasteiger partial charge is 0.107 e. The Balaban J connectivity index is 2.21. The summed E-state index contributed by atoms with van der Waals surface area (Å²) in [5.41, 5.74) is 2.27. The molecule has 1 aliphatic rings. The van der Waals surface area contributed by atoms with Gasteiger partial charge in [0.1, 0.15) is 7.96 Å². The van der Waals surface area contributed by atoms with Crippen LogP contribution in [-0.2, 0) is 0 Å². The van der Waals surface area contributed by atoms with E-state index in [9.17, 15) is 0 Å². The van der Waals surface area contributed by atoms with Crippen LogP contribution in [0.25, 0.3) is 0 Å². The molecule has 15 heavy (non-hydrogen) atoms. The van der Waals surface area contributed by atoms with Crippen LogP contribution >= 0.6 is 11.8 Å². The highest BCUT2D eigenvalue weighted by Crippen LogP contribution is 2.32. The first kappa shape index (κ1) is 6.80. The third-order valence-electron chi connectivity index (χ3n) is 2.28. The summed E-state index contributed by atoms with van der Waals surface area (Å²) >= 11 is -2.55. The van der Waals surface area contributed by atoms with Gasteiger partial charge in [0, 0.05) is 16.7 Å². The standard InChI is InChI=1S/C12H10N2S/c1-2-7-11-9(5-1)12(14-15-11)10-6-3-4-8-13-10/h1-8H,15H2/i15D2. The van der Waals surface area contributed by atoms with E-state index in [2.05, 4.69) is 9.38 Å². The van der Waals surface area contributed by atoms with Crippen molar-refractivity contribution in [1.29, 1.82) is 2.25 Å². The van der Waals surface area contributed by atoms with Gasteiger partial charge in [0.05, 0.1) is 5.69 Å². The molecular weight excluding hydrogens is 204 g/mol. The summed E-state index contributed by atoms with van der Waals surface area (Å²) in [6.45, 7) is 0. The van der Waals surface area contributed by atoms with Crippen LogP contribution in [-0.4, -0.2) is 12.9 Å². The zero-order valence-electron chi connectivity index (χ0n) is 9.92. The lowest BCUT2D eigenvalue weighted by atomic mass is 10.1. The summed E-state index contributed by atoms with van der Waals surface area (Å²) in [7, 11) is 0. The SMILES string of the molecule is [2H]S1([2H])N=C(c2ccccn2)c2ccccc21. The number of aromatic nitrogens is 1. The van der Waals surface area contributed by atoms with Gasteiger partial charge in [-0.3, -0.25) is 4.98 Å². The van der Waals surface area contributed by atoms with Crippen molar-refractivity contribution in [2.45, 2.75) is 4.90 Å². The predicted molar refractivity (Wildman–Crippen MR) is 65.0 cm³/mol. The second-order valence-corrected chi connectivity index (χ2v) is 4.05. The van der Waals surface area contributed by atoms with Crippen molar-refractivity contribution in [2.24, 2.45) is 4.40 Å². The van der Waals surface area contributed by atoms with Gasteiger partial charge < -0.3 is 0 Å². The molecule has 2 aromatic rings. The molecule has 3 rings (SSSR count). The first-order valence-electron chi connectivity index (χ1n) is 5.52. The Hall–Kier alpha value is -1.61. The maximum atomic E-state index is 7.98. The van der Waals surface area contributed by atoms with E-state index in [1.54, 1.807) is 6.20 Å². The van der Waals surface area contributed by atoms with E-state index >= 15 is 0 Å².